The van der Waals surface area contributed by atoms with Gasteiger partial charge in [0, 0.05) is 18.3 Å². The molecule has 1 rings (SSSR count). The van der Waals surface area contributed by atoms with Crippen LogP contribution < -0.4 is 11.1 Å². The van der Waals surface area contributed by atoms with Crippen LogP contribution in [0, 0.1) is 0 Å². The molecule has 1 aromatic rings. The van der Waals surface area contributed by atoms with Crippen LogP contribution in [0.1, 0.15) is 31.9 Å². The van der Waals surface area contributed by atoms with Crippen LogP contribution in [-0.4, -0.2) is 37.1 Å². The summed E-state index contributed by atoms with van der Waals surface area (Å²) < 4.78 is 4.60. The Balaban J connectivity index is 2.76. The van der Waals surface area contributed by atoms with E-state index in [1.165, 1.54) is 12.0 Å². The fourth-order valence-electron chi connectivity index (χ4n) is 1.84. The van der Waals surface area contributed by atoms with Crippen molar-refractivity contribution in [1.82, 2.24) is 4.90 Å². The molecule has 0 heterocycles. The van der Waals surface area contributed by atoms with E-state index in [1.807, 2.05) is 32.0 Å². The Kier molecular flexibility index (Phi) is 6.68. The molecule has 0 fully saturated rings. The predicted octanol–water partition coefficient (Wildman–Crippen LogP) is 2.12. The maximum absolute atomic E-state index is 12.2. The number of hydrogen-bond donors (Lipinski definition) is 2. The fraction of sp³-hybridized carbons (Fsp3) is 0.467. The molecule has 0 saturated heterocycles. The van der Waals surface area contributed by atoms with Gasteiger partial charge in [-0.1, -0.05) is 19.1 Å². The highest BCUT2D eigenvalue weighted by Crippen LogP contribution is 2.16. The molecule has 0 radical (unpaired) electrons. The maximum atomic E-state index is 12.2. The number of nitrogens with zero attached hydrogens (tertiary/aromatic N) is 1. The van der Waals surface area contributed by atoms with Gasteiger partial charge in [-0.3, -0.25) is 4.79 Å². The summed E-state index contributed by atoms with van der Waals surface area (Å²) in [6, 6.07) is 6.90. The third-order valence-corrected chi connectivity index (χ3v) is 2.99. The molecule has 0 aliphatic rings. The Labute approximate surface area is 125 Å². The summed E-state index contributed by atoms with van der Waals surface area (Å²) >= 11 is 0. The van der Waals surface area contributed by atoms with Crippen molar-refractivity contribution in [2.45, 2.75) is 26.3 Å². The lowest BCUT2D eigenvalue weighted by Crippen LogP contribution is -2.39. The third-order valence-electron chi connectivity index (χ3n) is 2.99. The van der Waals surface area contributed by atoms with E-state index in [-0.39, 0.29) is 18.6 Å². The first-order valence-electron chi connectivity index (χ1n) is 6.96. The van der Waals surface area contributed by atoms with E-state index < -0.39 is 5.97 Å². The van der Waals surface area contributed by atoms with Gasteiger partial charge in [0.25, 0.3) is 0 Å². The lowest BCUT2D eigenvalue weighted by atomic mass is 10.1. The van der Waals surface area contributed by atoms with Gasteiger partial charge in [-0.2, -0.15) is 0 Å². The van der Waals surface area contributed by atoms with E-state index in [0.29, 0.717) is 12.2 Å². The molecule has 0 saturated carbocycles. The van der Waals surface area contributed by atoms with Crippen molar-refractivity contribution >= 4 is 17.7 Å². The van der Waals surface area contributed by atoms with Gasteiger partial charge in [0.15, 0.2) is 0 Å². The first-order chi connectivity index (χ1) is 9.97. The molecule has 1 atom stereocenters. The molecule has 0 aliphatic carbocycles. The van der Waals surface area contributed by atoms with Crippen molar-refractivity contribution in [3.8, 4) is 0 Å². The number of benzene rings is 1. The second-order valence-corrected chi connectivity index (χ2v) is 4.84. The average molecular weight is 293 g/mol. The smallest absolute Gasteiger partial charge is 0.325 e. The van der Waals surface area contributed by atoms with Crippen molar-refractivity contribution < 1.29 is 14.3 Å². The Hall–Kier alpha value is -2.08. The van der Waals surface area contributed by atoms with E-state index >= 15 is 0 Å². The lowest BCUT2D eigenvalue weighted by Gasteiger charge is -2.21. The van der Waals surface area contributed by atoms with Crippen molar-refractivity contribution in [2.75, 3.05) is 25.5 Å². The van der Waals surface area contributed by atoms with E-state index in [1.54, 1.807) is 6.07 Å². The lowest BCUT2D eigenvalue weighted by molar-refractivity contribution is -0.141. The average Bonchev–Trinajstić information content (AvgIpc) is 2.46. The van der Waals surface area contributed by atoms with E-state index in [4.69, 9.17) is 5.73 Å². The van der Waals surface area contributed by atoms with Crippen LogP contribution in [0.4, 0.5) is 10.5 Å². The van der Waals surface area contributed by atoms with Crippen molar-refractivity contribution in [1.29, 1.82) is 0 Å². The predicted molar refractivity (Wildman–Crippen MR) is 81.9 cm³/mol. The molecule has 116 valence electrons. The second-order valence-electron chi connectivity index (χ2n) is 4.84. The molecule has 0 spiro atoms. The number of methoxy groups -OCH3 is 1. The molecule has 1 unspecified atom stereocenters. The monoisotopic (exact) mass is 293 g/mol. The van der Waals surface area contributed by atoms with Crippen LogP contribution in [0.25, 0.3) is 0 Å². The number of esters is 1. The Bertz CT molecular complexity index is 489. The highest BCUT2D eigenvalue weighted by Gasteiger charge is 2.17. The minimum Gasteiger partial charge on any atom is -0.468 e. The van der Waals surface area contributed by atoms with Gasteiger partial charge in [-0.25, -0.2) is 4.79 Å². The van der Waals surface area contributed by atoms with E-state index in [2.05, 4.69) is 10.1 Å². The van der Waals surface area contributed by atoms with Gasteiger partial charge in [-0.15, -0.1) is 0 Å². The molecule has 2 amide bonds. The fourth-order valence-corrected chi connectivity index (χ4v) is 1.84. The van der Waals surface area contributed by atoms with Crippen LogP contribution >= 0.6 is 0 Å². The number of urea groups is 1. The minimum absolute atomic E-state index is 0.0663. The molecular formula is C15H23N3O3. The molecule has 0 bridgehead atoms. The highest BCUT2D eigenvalue weighted by molar-refractivity contribution is 5.91. The largest absolute Gasteiger partial charge is 0.468 e. The summed E-state index contributed by atoms with van der Waals surface area (Å²) in [4.78, 5) is 25.0. The van der Waals surface area contributed by atoms with E-state index in [9.17, 15) is 9.59 Å². The van der Waals surface area contributed by atoms with Gasteiger partial charge < -0.3 is 20.7 Å². The van der Waals surface area contributed by atoms with Crippen molar-refractivity contribution in [2.24, 2.45) is 5.73 Å². The summed E-state index contributed by atoms with van der Waals surface area (Å²) in [5, 5.41) is 2.78. The van der Waals surface area contributed by atoms with Crippen LogP contribution in [0.3, 0.4) is 0 Å². The highest BCUT2D eigenvalue weighted by atomic mass is 16.5. The molecule has 6 heteroatoms. The number of rotatable bonds is 6. The van der Waals surface area contributed by atoms with Gasteiger partial charge in [0.05, 0.1) is 7.11 Å². The van der Waals surface area contributed by atoms with Gasteiger partial charge in [-0.05, 0) is 31.0 Å². The van der Waals surface area contributed by atoms with Crippen LogP contribution in [0.5, 0.6) is 0 Å². The first-order valence-corrected chi connectivity index (χ1v) is 6.96. The zero-order valence-corrected chi connectivity index (χ0v) is 12.8. The molecule has 3 N–H and O–H groups in total. The van der Waals surface area contributed by atoms with Gasteiger partial charge in [0.1, 0.15) is 6.54 Å². The quantitative estimate of drug-likeness (QED) is 0.787. The second kappa shape index (κ2) is 8.26. The maximum Gasteiger partial charge on any atom is 0.325 e. The zero-order valence-electron chi connectivity index (χ0n) is 12.8. The van der Waals surface area contributed by atoms with E-state index in [0.717, 1.165) is 12.0 Å². The third kappa shape index (κ3) is 5.43. The van der Waals surface area contributed by atoms with Crippen LogP contribution in [0.15, 0.2) is 24.3 Å². The Morgan fingerprint density at radius 3 is 2.71 bits per heavy atom. The number of amides is 2. The number of anilines is 1. The number of hydrogen-bond acceptors (Lipinski definition) is 4. The number of carbonyl (C=O) groups is 2. The molecule has 0 aliphatic heterocycles. The standard InChI is InChI=1S/C15H23N3O3/c1-4-8-18(10-14(19)21-3)15(20)17-13-7-5-6-12(9-13)11(2)16/h5-7,9,11H,4,8,10,16H2,1-3H3,(H,17,20). The topological polar surface area (TPSA) is 84.7 Å². The summed E-state index contributed by atoms with van der Waals surface area (Å²) in [5.41, 5.74) is 7.41. The Morgan fingerprint density at radius 1 is 1.43 bits per heavy atom. The SMILES string of the molecule is CCCN(CC(=O)OC)C(=O)Nc1cccc(C(C)N)c1. The number of nitrogens with one attached hydrogen (secondary N) is 1. The van der Waals surface area contributed by atoms with Gasteiger partial charge >= 0.3 is 12.0 Å². The summed E-state index contributed by atoms with van der Waals surface area (Å²) in [5.74, 6) is -0.442. The zero-order chi connectivity index (χ0) is 15.8. The molecule has 1 aromatic carbocycles. The van der Waals surface area contributed by atoms with Crippen molar-refractivity contribution in [3.05, 3.63) is 29.8 Å². The van der Waals surface area contributed by atoms with Crippen LogP contribution in [0.2, 0.25) is 0 Å². The summed E-state index contributed by atoms with van der Waals surface area (Å²) in [6.45, 7) is 4.23. The molecule has 6 nitrogen and oxygen atoms in total. The van der Waals surface area contributed by atoms with Gasteiger partial charge in [0.2, 0.25) is 0 Å². The minimum atomic E-state index is -0.442. The number of carbonyl (C=O) groups excluding carboxylic acids is 2. The Morgan fingerprint density at radius 2 is 2.14 bits per heavy atom. The van der Waals surface area contributed by atoms with Crippen molar-refractivity contribution in [3.63, 3.8) is 0 Å². The van der Waals surface area contributed by atoms with Crippen LogP contribution in [-0.2, 0) is 9.53 Å². The summed E-state index contributed by atoms with van der Waals surface area (Å²) in [6.07, 6.45) is 0.754. The molecular weight excluding hydrogens is 270 g/mol. The first kappa shape index (κ1) is 17.0. The molecule has 21 heavy (non-hydrogen) atoms. The molecule has 0 aromatic heterocycles. The normalized spacial score (nSPS) is 11.6. The summed E-state index contributed by atoms with van der Waals surface area (Å²) in [7, 11) is 1.30. The number of ether oxygens (including phenoxy) is 1. The number of nitrogens with two attached hydrogens (primary N) is 1.